The number of carbonyl (C=O) groups excluding carboxylic acids is 1. The van der Waals surface area contributed by atoms with Crippen LogP contribution in [0.5, 0.6) is 0 Å². The summed E-state index contributed by atoms with van der Waals surface area (Å²) >= 11 is 0. The second kappa shape index (κ2) is 7.08. The molecule has 21 heavy (non-hydrogen) atoms. The maximum Gasteiger partial charge on any atom is 0.220 e. The van der Waals surface area contributed by atoms with E-state index in [9.17, 15) is 4.79 Å². The predicted octanol–water partition coefficient (Wildman–Crippen LogP) is 3.10. The zero-order chi connectivity index (χ0) is 14.5. The molecule has 1 saturated carbocycles. The average molecular weight is 286 g/mol. The van der Waals surface area contributed by atoms with Gasteiger partial charge in [0, 0.05) is 18.5 Å². The number of amides is 1. The normalized spacial score (nSPS) is 21.4. The Balaban J connectivity index is 1.45. The molecule has 2 N–H and O–H groups in total. The molecule has 0 aliphatic heterocycles. The first-order chi connectivity index (χ1) is 10.3. The van der Waals surface area contributed by atoms with Crippen molar-refractivity contribution in [1.29, 1.82) is 0 Å². The quantitative estimate of drug-likeness (QED) is 0.623. The third kappa shape index (κ3) is 4.31. The fraction of sp³-hybridized carbons (Fsp3) is 0.611. The van der Waals surface area contributed by atoms with E-state index in [0.29, 0.717) is 18.5 Å². The van der Waals surface area contributed by atoms with Gasteiger partial charge in [0.1, 0.15) is 0 Å². The highest BCUT2D eigenvalue weighted by molar-refractivity contribution is 5.76. The summed E-state index contributed by atoms with van der Waals surface area (Å²) in [5.74, 6) is 0.223. The number of carbonyl (C=O) groups is 1. The summed E-state index contributed by atoms with van der Waals surface area (Å²) in [6.07, 6.45) is 8.91. The Hall–Kier alpha value is -1.35. The van der Waals surface area contributed by atoms with Crippen molar-refractivity contribution in [3.8, 4) is 0 Å². The van der Waals surface area contributed by atoms with E-state index in [1.165, 1.54) is 49.7 Å². The largest absolute Gasteiger partial charge is 0.353 e. The van der Waals surface area contributed by atoms with Crippen LogP contribution in [0.2, 0.25) is 0 Å². The summed E-state index contributed by atoms with van der Waals surface area (Å²) in [6.45, 7) is 0.928. The predicted molar refractivity (Wildman–Crippen MR) is 85.1 cm³/mol. The lowest BCUT2D eigenvalue weighted by atomic mass is 9.99. The van der Waals surface area contributed by atoms with Gasteiger partial charge in [-0.2, -0.15) is 0 Å². The fourth-order valence-electron chi connectivity index (χ4n) is 3.19. The molecule has 2 aliphatic rings. The van der Waals surface area contributed by atoms with Gasteiger partial charge >= 0.3 is 0 Å². The van der Waals surface area contributed by atoms with Crippen LogP contribution >= 0.6 is 0 Å². The molecule has 0 bridgehead atoms. The minimum absolute atomic E-state index is 0.223. The van der Waals surface area contributed by atoms with Crippen LogP contribution in [-0.2, 0) is 11.2 Å². The number of benzene rings is 1. The van der Waals surface area contributed by atoms with Gasteiger partial charge in [0.2, 0.25) is 5.91 Å². The third-order valence-corrected chi connectivity index (χ3v) is 4.53. The lowest BCUT2D eigenvalue weighted by Gasteiger charge is -2.19. The molecule has 1 atom stereocenters. The van der Waals surface area contributed by atoms with Gasteiger partial charge in [-0.3, -0.25) is 4.79 Å². The van der Waals surface area contributed by atoms with Gasteiger partial charge in [-0.1, -0.05) is 30.7 Å². The molecule has 1 amide bonds. The molecule has 3 nitrogen and oxygen atoms in total. The SMILES string of the molecule is O=C(CCCNC1CCCCc2ccccc21)NC1CC1. The van der Waals surface area contributed by atoms with E-state index in [-0.39, 0.29) is 5.91 Å². The average Bonchev–Trinajstić information content (AvgIpc) is 3.31. The molecule has 114 valence electrons. The molecule has 1 aromatic carbocycles. The van der Waals surface area contributed by atoms with Crippen molar-refractivity contribution in [2.75, 3.05) is 6.54 Å². The molecule has 3 heteroatoms. The molecule has 0 aromatic heterocycles. The molecular formula is C18H26N2O. The third-order valence-electron chi connectivity index (χ3n) is 4.53. The Labute approximate surface area is 127 Å². The van der Waals surface area contributed by atoms with E-state index in [1.54, 1.807) is 0 Å². The van der Waals surface area contributed by atoms with Gasteiger partial charge in [-0.05, 0) is 56.2 Å². The molecule has 0 heterocycles. The van der Waals surface area contributed by atoms with Crippen molar-refractivity contribution >= 4 is 5.91 Å². The van der Waals surface area contributed by atoms with E-state index < -0.39 is 0 Å². The second-order valence-corrected chi connectivity index (χ2v) is 6.40. The van der Waals surface area contributed by atoms with Crippen LogP contribution in [0.3, 0.4) is 0 Å². The summed E-state index contributed by atoms with van der Waals surface area (Å²) in [7, 11) is 0. The first-order valence-electron chi connectivity index (χ1n) is 8.43. The zero-order valence-electron chi connectivity index (χ0n) is 12.7. The first-order valence-corrected chi connectivity index (χ1v) is 8.43. The fourth-order valence-corrected chi connectivity index (χ4v) is 3.19. The van der Waals surface area contributed by atoms with Crippen LogP contribution in [0.1, 0.15) is 62.1 Å². The van der Waals surface area contributed by atoms with E-state index in [2.05, 4.69) is 34.9 Å². The van der Waals surface area contributed by atoms with Crippen LogP contribution in [-0.4, -0.2) is 18.5 Å². The maximum atomic E-state index is 11.7. The Kier molecular flexibility index (Phi) is 4.91. The summed E-state index contributed by atoms with van der Waals surface area (Å²) in [6, 6.07) is 9.76. The molecule has 0 spiro atoms. The first kappa shape index (κ1) is 14.6. The molecule has 1 unspecified atom stereocenters. The minimum Gasteiger partial charge on any atom is -0.353 e. The van der Waals surface area contributed by atoms with Crippen LogP contribution < -0.4 is 10.6 Å². The lowest BCUT2D eigenvalue weighted by molar-refractivity contribution is -0.121. The van der Waals surface area contributed by atoms with Gasteiger partial charge in [0.05, 0.1) is 0 Å². The summed E-state index contributed by atoms with van der Waals surface area (Å²) in [5, 5.41) is 6.71. The number of fused-ring (bicyclic) bond motifs is 1. The molecule has 0 saturated heterocycles. The van der Waals surface area contributed by atoms with E-state index in [1.807, 2.05) is 0 Å². The highest BCUT2D eigenvalue weighted by Crippen LogP contribution is 2.28. The van der Waals surface area contributed by atoms with Crippen molar-refractivity contribution in [3.63, 3.8) is 0 Å². The Bertz CT molecular complexity index is 482. The van der Waals surface area contributed by atoms with Crippen LogP contribution in [0.15, 0.2) is 24.3 Å². The Morgan fingerprint density at radius 2 is 2.00 bits per heavy atom. The molecule has 2 aliphatic carbocycles. The summed E-state index contributed by atoms with van der Waals surface area (Å²) in [5.41, 5.74) is 2.97. The smallest absolute Gasteiger partial charge is 0.220 e. The van der Waals surface area contributed by atoms with Crippen molar-refractivity contribution in [1.82, 2.24) is 10.6 Å². The van der Waals surface area contributed by atoms with Gasteiger partial charge in [0.25, 0.3) is 0 Å². The standard InChI is InChI=1S/C18H26N2O/c21-18(20-15-11-12-15)10-5-13-19-17-9-4-2-7-14-6-1-3-8-16(14)17/h1,3,6,8,15,17,19H,2,4-5,7,9-13H2,(H,20,21). The molecule has 1 fully saturated rings. The highest BCUT2D eigenvalue weighted by atomic mass is 16.1. The van der Waals surface area contributed by atoms with Gasteiger partial charge in [-0.25, -0.2) is 0 Å². The van der Waals surface area contributed by atoms with Gasteiger partial charge < -0.3 is 10.6 Å². The lowest BCUT2D eigenvalue weighted by Crippen LogP contribution is -2.27. The number of rotatable bonds is 6. The van der Waals surface area contributed by atoms with E-state index in [0.717, 1.165) is 13.0 Å². The maximum absolute atomic E-state index is 11.7. The molecule has 0 radical (unpaired) electrons. The molecule has 1 aromatic rings. The number of hydrogen-bond donors (Lipinski definition) is 2. The van der Waals surface area contributed by atoms with Gasteiger partial charge in [-0.15, -0.1) is 0 Å². The number of nitrogens with one attached hydrogen (secondary N) is 2. The van der Waals surface area contributed by atoms with Crippen LogP contribution in [0.4, 0.5) is 0 Å². The van der Waals surface area contributed by atoms with Crippen LogP contribution in [0, 0.1) is 0 Å². The number of aryl methyl sites for hydroxylation is 1. The monoisotopic (exact) mass is 286 g/mol. The zero-order valence-corrected chi connectivity index (χ0v) is 12.7. The summed E-state index contributed by atoms with van der Waals surface area (Å²) < 4.78 is 0. The van der Waals surface area contributed by atoms with E-state index >= 15 is 0 Å². The van der Waals surface area contributed by atoms with E-state index in [4.69, 9.17) is 0 Å². The topological polar surface area (TPSA) is 41.1 Å². The van der Waals surface area contributed by atoms with Crippen LogP contribution in [0.25, 0.3) is 0 Å². The van der Waals surface area contributed by atoms with Crippen molar-refractivity contribution < 1.29 is 4.79 Å². The second-order valence-electron chi connectivity index (χ2n) is 6.40. The number of hydrogen-bond acceptors (Lipinski definition) is 2. The minimum atomic E-state index is 0.223. The Morgan fingerprint density at radius 1 is 1.14 bits per heavy atom. The Morgan fingerprint density at radius 3 is 2.86 bits per heavy atom. The highest BCUT2D eigenvalue weighted by Gasteiger charge is 2.23. The van der Waals surface area contributed by atoms with Crippen molar-refractivity contribution in [3.05, 3.63) is 35.4 Å². The van der Waals surface area contributed by atoms with Gasteiger partial charge in [0.15, 0.2) is 0 Å². The molecular weight excluding hydrogens is 260 g/mol. The van der Waals surface area contributed by atoms with Crippen molar-refractivity contribution in [2.45, 2.75) is 63.5 Å². The summed E-state index contributed by atoms with van der Waals surface area (Å²) in [4.78, 5) is 11.7. The van der Waals surface area contributed by atoms with Crippen molar-refractivity contribution in [2.24, 2.45) is 0 Å². The molecule has 3 rings (SSSR count).